The van der Waals surface area contributed by atoms with Gasteiger partial charge in [-0.05, 0) is 22.5 Å². The molecule has 0 saturated carbocycles. The molecule has 0 aliphatic heterocycles. The topological polar surface area (TPSA) is 34.1 Å². The van der Waals surface area contributed by atoms with Crippen molar-refractivity contribution in [3.8, 4) is 0 Å². The number of rotatable bonds is 1. The van der Waals surface area contributed by atoms with Crippen molar-refractivity contribution in [1.82, 2.24) is 0 Å². The van der Waals surface area contributed by atoms with Gasteiger partial charge in [-0.2, -0.15) is 0 Å². The predicted molar refractivity (Wildman–Crippen MR) is 90.4 cm³/mol. The summed E-state index contributed by atoms with van der Waals surface area (Å²) in [5, 5.41) is 0. The lowest BCUT2D eigenvalue weighted by atomic mass is 9.70. The lowest BCUT2D eigenvalue weighted by Crippen LogP contribution is -2.30. The summed E-state index contributed by atoms with van der Waals surface area (Å²) in [5.41, 5.74) is 1.85. The monoisotopic (exact) mass is 296 g/mol. The molecule has 1 aromatic rings. The number of hydrogen-bond donors (Lipinski definition) is 0. The zero-order chi connectivity index (χ0) is 16.7. The normalized spacial score (nSPS) is 16.9. The van der Waals surface area contributed by atoms with Crippen LogP contribution in [0.2, 0.25) is 0 Å². The molecule has 0 radical (unpaired) electrons. The summed E-state index contributed by atoms with van der Waals surface area (Å²) in [7, 11) is 0. The SMILES string of the molecule is CC(C)(C)C1=CC(=O)C(C(C)(C)C)=C(c2ccccc2)C1=O. The van der Waals surface area contributed by atoms with E-state index in [9.17, 15) is 9.59 Å². The van der Waals surface area contributed by atoms with Crippen LogP contribution < -0.4 is 0 Å². The Morgan fingerprint density at radius 3 is 1.77 bits per heavy atom. The summed E-state index contributed by atoms with van der Waals surface area (Å²) in [6.07, 6.45) is 1.54. The molecule has 1 aliphatic carbocycles. The Hall–Kier alpha value is -1.96. The van der Waals surface area contributed by atoms with Crippen LogP contribution in [-0.4, -0.2) is 11.6 Å². The van der Waals surface area contributed by atoms with Crippen molar-refractivity contribution < 1.29 is 9.59 Å². The van der Waals surface area contributed by atoms with Crippen LogP contribution in [0.4, 0.5) is 0 Å². The lowest BCUT2D eigenvalue weighted by Gasteiger charge is -2.32. The van der Waals surface area contributed by atoms with Gasteiger partial charge in [0.15, 0.2) is 11.6 Å². The Bertz CT molecular complexity index is 675. The van der Waals surface area contributed by atoms with Crippen LogP contribution in [0.5, 0.6) is 0 Å². The van der Waals surface area contributed by atoms with Gasteiger partial charge in [0.2, 0.25) is 0 Å². The van der Waals surface area contributed by atoms with E-state index in [-0.39, 0.29) is 22.4 Å². The van der Waals surface area contributed by atoms with E-state index in [4.69, 9.17) is 0 Å². The third-order valence-corrected chi connectivity index (χ3v) is 3.86. The Balaban J connectivity index is 2.74. The largest absolute Gasteiger partial charge is 0.290 e. The summed E-state index contributed by atoms with van der Waals surface area (Å²) in [5.74, 6) is -0.0703. The Morgan fingerprint density at radius 1 is 0.773 bits per heavy atom. The van der Waals surface area contributed by atoms with Gasteiger partial charge in [-0.15, -0.1) is 0 Å². The van der Waals surface area contributed by atoms with Crippen LogP contribution in [0.15, 0.2) is 47.6 Å². The summed E-state index contributed by atoms with van der Waals surface area (Å²) in [6.45, 7) is 11.8. The minimum atomic E-state index is -0.377. The number of ketones is 2. The zero-order valence-corrected chi connectivity index (χ0v) is 14.3. The van der Waals surface area contributed by atoms with Crippen molar-refractivity contribution in [2.75, 3.05) is 0 Å². The first-order chi connectivity index (χ1) is 10.0. The average molecular weight is 296 g/mol. The molecule has 0 spiro atoms. The van der Waals surface area contributed by atoms with Gasteiger partial charge in [0.25, 0.3) is 0 Å². The molecule has 116 valence electrons. The van der Waals surface area contributed by atoms with Crippen LogP contribution in [0.25, 0.3) is 5.57 Å². The van der Waals surface area contributed by atoms with Gasteiger partial charge in [-0.1, -0.05) is 71.9 Å². The molecule has 0 N–H and O–H groups in total. The second-order valence-corrected chi connectivity index (χ2v) is 7.87. The van der Waals surface area contributed by atoms with Crippen LogP contribution in [0, 0.1) is 10.8 Å². The molecule has 0 fully saturated rings. The minimum absolute atomic E-state index is 0.0248. The molecule has 0 heterocycles. The van der Waals surface area contributed by atoms with Gasteiger partial charge in [0.1, 0.15) is 0 Å². The van der Waals surface area contributed by atoms with E-state index in [1.54, 1.807) is 0 Å². The van der Waals surface area contributed by atoms with Crippen LogP contribution >= 0.6 is 0 Å². The van der Waals surface area contributed by atoms with Gasteiger partial charge in [-0.3, -0.25) is 9.59 Å². The standard InChI is InChI=1S/C20H24O2/c1-19(2,3)14-12-15(21)17(20(4,5)6)16(18(14)22)13-10-8-7-9-11-13/h7-12H,1-6H3. The first-order valence-corrected chi connectivity index (χ1v) is 7.65. The molecule has 0 aromatic heterocycles. The van der Waals surface area contributed by atoms with E-state index in [0.29, 0.717) is 16.7 Å². The number of Topliss-reactive ketones (excluding diaryl/α,β-unsaturated/α-hetero) is 1. The molecule has 22 heavy (non-hydrogen) atoms. The van der Waals surface area contributed by atoms with E-state index >= 15 is 0 Å². The summed E-state index contributed by atoms with van der Waals surface area (Å²) >= 11 is 0. The molecule has 1 aliphatic rings. The van der Waals surface area contributed by atoms with Crippen molar-refractivity contribution in [2.45, 2.75) is 41.5 Å². The van der Waals surface area contributed by atoms with Crippen molar-refractivity contribution >= 4 is 17.1 Å². The molecular formula is C20H24O2. The Labute approximate surface area is 132 Å². The third-order valence-electron chi connectivity index (χ3n) is 3.86. The fraction of sp³-hybridized carbons (Fsp3) is 0.400. The molecule has 0 atom stereocenters. The maximum atomic E-state index is 13.1. The van der Waals surface area contributed by atoms with E-state index in [2.05, 4.69) is 0 Å². The highest BCUT2D eigenvalue weighted by Gasteiger charge is 2.38. The molecule has 2 nitrogen and oxygen atoms in total. The van der Waals surface area contributed by atoms with Gasteiger partial charge < -0.3 is 0 Å². The highest BCUT2D eigenvalue weighted by molar-refractivity contribution is 6.38. The Morgan fingerprint density at radius 2 is 1.32 bits per heavy atom. The number of benzene rings is 1. The van der Waals surface area contributed by atoms with Crippen LogP contribution in [0.3, 0.4) is 0 Å². The summed E-state index contributed by atoms with van der Waals surface area (Å²) in [4.78, 5) is 25.8. The molecule has 0 bridgehead atoms. The van der Waals surface area contributed by atoms with Gasteiger partial charge in [0.05, 0.1) is 0 Å². The number of carbonyl (C=O) groups excluding carboxylic acids is 2. The van der Waals surface area contributed by atoms with Crippen LogP contribution in [0.1, 0.15) is 47.1 Å². The second kappa shape index (κ2) is 5.35. The maximum Gasteiger partial charge on any atom is 0.190 e. The molecule has 0 amide bonds. The molecule has 1 aromatic carbocycles. The molecule has 0 unspecified atom stereocenters. The lowest BCUT2D eigenvalue weighted by molar-refractivity contribution is -0.115. The quantitative estimate of drug-likeness (QED) is 0.709. The second-order valence-electron chi connectivity index (χ2n) is 7.87. The van der Waals surface area contributed by atoms with Gasteiger partial charge in [-0.25, -0.2) is 0 Å². The zero-order valence-electron chi connectivity index (χ0n) is 14.3. The van der Waals surface area contributed by atoms with Crippen molar-refractivity contribution in [2.24, 2.45) is 10.8 Å². The maximum absolute atomic E-state index is 13.1. The van der Waals surface area contributed by atoms with Crippen molar-refractivity contribution in [3.63, 3.8) is 0 Å². The van der Waals surface area contributed by atoms with E-state index < -0.39 is 0 Å². The Kier molecular flexibility index (Phi) is 3.99. The van der Waals surface area contributed by atoms with Crippen molar-refractivity contribution in [1.29, 1.82) is 0 Å². The third kappa shape index (κ3) is 2.96. The average Bonchev–Trinajstić information content (AvgIpc) is 2.39. The molecule has 0 saturated heterocycles. The first-order valence-electron chi connectivity index (χ1n) is 7.65. The van der Waals surface area contributed by atoms with E-state index in [1.807, 2.05) is 71.9 Å². The summed E-state index contributed by atoms with van der Waals surface area (Å²) < 4.78 is 0. The number of hydrogen-bond acceptors (Lipinski definition) is 2. The fourth-order valence-corrected chi connectivity index (χ4v) is 2.82. The molecular weight excluding hydrogens is 272 g/mol. The summed E-state index contributed by atoms with van der Waals surface area (Å²) in [6, 6.07) is 9.51. The van der Waals surface area contributed by atoms with E-state index in [0.717, 1.165) is 5.56 Å². The molecule has 2 rings (SSSR count). The van der Waals surface area contributed by atoms with Crippen molar-refractivity contribution in [3.05, 3.63) is 53.1 Å². The molecule has 2 heteroatoms. The fourth-order valence-electron chi connectivity index (χ4n) is 2.82. The number of allylic oxidation sites excluding steroid dienone is 4. The van der Waals surface area contributed by atoms with Crippen LogP contribution in [-0.2, 0) is 9.59 Å². The van der Waals surface area contributed by atoms with E-state index in [1.165, 1.54) is 6.08 Å². The van der Waals surface area contributed by atoms with Gasteiger partial charge >= 0.3 is 0 Å². The first kappa shape index (κ1) is 16.4. The van der Waals surface area contributed by atoms with Gasteiger partial charge in [0, 0.05) is 16.7 Å². The smallest absolute Gasteiger partial charge is 0.190 e. The minimum Gasteiger partial charge on any atom is -0.290 e. The number of carbonyl (C=O) groups is 2. The predicted octanol–water partition coefficient (Wildman–Crippen LogP) is 4.61. The highest BCUT2D eigenvalue weighted by atomic mass is 16.1. The highest BCUT2D eigenvalue weighted by Crippen LogP contribution is 2.41.